The maximum Gasteiger partial charge on any atom is 0.0661 e. The summed E-state index contributed by atoms with van der Waals surface area (Å²) >= 11 is 1.88. The first-order valence-electron chi connectivity index (χ1n) is 18.0. The van der Waals surface area contributed by atoms with E-state index >= 15 is 0 Å². The molecule has 0 radical (unpaired) electrons. The standard InChI is InChI=1S/C50H34N2S/c1-4-20-37(21-5-1)51(38-22-6-2-7-23-38)40-33-45-49-42-27-13-11-18-36(42)31-32-48(49)53-50(45)47(34-40)52(39-24-8-3-9-25-39)46-30-15-14-28-44(46)43-29-16-19-35-17-10-12-26-41(35)43/h1-34H. The molecular weight excluding hydrogens is 661 g/mol. The van der Waals surface area contributed by atoms with Crippen molar-refractivity contribution in [1.29, 1.82) is 0 Å². The van der Waals surface area contributed by atoms with Crippen LogP contribution >= 0.6 is 11.3 Å². The molecular formula is C50H34N2S. The summed E-state index contributed by atoms with van der Waals surface area (Å²) in [5.41, 5.74) is 9.07. The van der Waals surface area contributed by atoms with E-state index in [2.05, 4.69) is 216 Å². The molecule has 1 aromatic heterocycles. The number of thiophene rings is 1. The minimum absolute atomic E-state index is 1.10. The Balaban J connectivity index is 1.33. The Kier molecular flexibility index (Phi) is 7.71. The molecule has 0 saturated heterocycles. The highest BCUT2D eigenvalue weighted by Gasteiger charge is 2.25. The fourth-order valence-electron chi connectivity index (χ4n) is 7.85. The molecule has 0 atom stereocenters. The van der Waals surface area contributed by atoms with E-state index in [0.29, 0.717) is 0 Å². The van der Waals surface area contributed by atoms with Gasteiger partial charge in [-0.1, -0.05) is 146 Å². The number of hydrogen-bond donors (Lipinski definition) is 0. The summed E-state index contributed by atoms with van der Waals surface area (Å²) < 4.78 is 2.52. The molecule has 9 aromatic carbocycles. The van der Waals surface area contributed by atoms with Gasteiger partial charge in [-0.05, 0) is 87.8 Å². The lowest BCUT2D eigenvalue weighted by Crippen LogP contribution is -2.14. The second-order valence-corrected chi connectivity index (χ2v) is 14.4. The maximum atomic E-state index is 2.48. The predicted octanol–water partition coefficient (Wildman–Crippen LogP) is 15.0. The largest absolute Gasteiger partial charge is 0.310 e. The highest BCUT2D eigenvalue weighted by Crippen LogP contribution is 2.51. The van der Waals surface area contributed by atoms with E-state index in [1.54, 1.807) is 0 Å². The van der Waals surface area contributed by atoms with Crippen molar-refractivity contribution in [1.82, 2.24) is 0 Å². The van der Waals surface area contributed by atoms with Crippen LogP contribution in [0.1, 0.15) is 0 Å². The van der Waals surface area contributed by atoms with E-state index in [-0.39, 0.29) is 0 Å². The van der Waals surface area contributed by atoms with Crippen LogP contribution in [0.5, 0.6) is 0 Å². The summed E-state index contributed by atoms with van der Waals surface area (Å²) in [4.78, 5) is 4.87. The molecule has 0 bridgehead atoms. The van der Waals surface area contributed by atoms with Crippen LogP contribution in [0.4, 0.5) is 34.1 Å². The first kappa shape index (κ1) is 31.1. The number of fused-ring (bicyclic) bond motifs is 6. The molecule has 53 heavy (non-hydrogen) atoms. The third kappa shape index (κ3) is 5.42. The van der Waals surface area contributed by atoms with E-state index in [4.69, 9.17) is 0 Å². The fourth-order valence-corrected chi connectivity index (χ4v) is 9.06. The second kappa shape index (κ2) is 13.1. The zero-order valence-electron chi connectivity index (χ0n) is 28.9. The summed E-state index contributed by atoms with van der Waals surface area (Å²) in [6, 6.07) is 74.6. The molecule has 0 spiro atoms. The average molecular weight is 695 g/mol. The molecule has 0 unspecified atom stereocenters. The lowest BCUT2D eigenvalue weighted by molar-refractivity contribution is 1.26. The minimum atomic E-state index is 1.10. The molecule has 250 valence electrons. The Bertz CT molecular complexity index is 2850. The van der Waals surface area contributed by atoms with Crippen molar-refractivity contribution in [3.05, 3.63) is 206 Å². The van der Waals surface area contributed by atoms with Gasteiger partial charge in [0.05, 0.1) is 16.1 Å². The highest BCUT2D eigenvalue weighted by atomic mass is 32.1. The zero-order valence-corrected chi connectivity index (χ0v) is 29.7. The van der Waals surface area contributed by atoms with Crippen molar-refractivity contribution in [2.75, 3.05) is 9.80 Å². The van der Waals surface area contributed by atoms with Gasteiger partial charge in [0, 0.05) is 43.8 Å². The Hall–Kier alpha value is -6.68. The molecule has 3 heteroatoms. The van der Waals surface area contributed by atoms with Gasteiger partial charge in [-0.15, -0.1) is 11.3 Å². The smallest absolute Gasteiger partial charge is 0.0661 e. The molecule has 1 heterocycles. The third-order valence-electron chi connectivity index (χ3n) is 10.2. The van der Waals surface area contributed by atoms with Crippen molar-refractivity contribution >= 4 is 87.2 Å². The van der Waals surface area contributed by atoms with Gasteiger partial charge in [0.15, 0.2) is 0 Å². The summed E-state index contributed by atoms with van der Waals surface area (Å²) in [6.45, 7) is 0. The van der Waals surface area contributed by atoms with E-state index in [0.717, 1.165) is 34.1 Å². The zero-order chi connectivity index (χ0) is 35.1. The first-order valence-corrected chi connectivity index (χ1v) is 18.8. The molecule has 2 nitrogen and oxygen atoms in total. The van der Waals surface area contributed by atoms with Crippen molar-refractivity contribution in [3.8, 4) is 11.1 Å². The van der Waals surface area contributed by atoms with Gasteiger partial charge in [-0.2, -0.15) is 0 Å². The molecule has 0 fully saturated rings. The molecule has 0 amide bonds. The number of hydrogen-bond acceptors (Lipinski definition) is 3. The third-order valence-corrected chi connectivity index (χ3v) is 11.4. The van der Waals surface area contributed by atoms with E-state index in [1.807, 2.05) is 11.3 Å². The fraction of sp³-hybridized carbons (Fsp3) is 0. The van der Waals surface area contributed by atoms with Crippen molar-refractivity contribution < 1.29 is 0 Å². The van der Waals surface area contributed by atoms with Crippen molar-refractivity contribution in [2.24, 2.45) is 0 Å². The number of anilines is 6. The second-order valence-electron chi connectivity index (χ2n) is 13.3. The lowest BCUT2D eigenvalue weighted by Gasteiger charge is -2.31. The minimum Gasteiger partial charge on any atom is -0.310 e. The van der Waals surface area contributed by atoms with Gasteiger partial charge in [-0.3, -0.25) is 0 Å². The van der Waals surface area contributed by atoms with Crippen LogP contribution in [0.3, 0.4) is 0 Å². The van der Waals surface area contributed by atoms with Crippen LogP contribution in [-0.4, -0.2) is 0 Å². The Morgan fingerprint density at radius 1 is 0.321 bits per heavy atom. The van der Waals surface area contributed by atoms with Crippen LogP contribution in [0, 0.1) is 0 Å². The Morgan fingerprint density at radius 2 is 0.849 bits per heavy atom. The van der Waals surface area contributed by atoms with Crippen molar-refractivity contribution in [3.63, 3.8) is 0 Å². The molecule has 0 saturated carbocycles. The van der Waals surface area contributed by atoms with Gasteiger partial charge in [0.2, 0.25) is 0 Å². The average Bonchev–Trinajstić information content (AvgIpc) is 3.62. The lowest BCUT2D eigenvalue weighted by atomic mass is 9.96. The molecule has 0 aliphatic carbocycles. The maximum absolute atomic E-state index is 2.48. The molecule has 0 N–H and O–H groups in total. The number of para-hydroxylation sites is 4. The van der Waals surface area contributed by atoms with Crippen LogP contribution in [0.25, 0.3) is 52.8 Å². The Labute approximate surface area is 313 Å². The number of rotatable bonds is 7. The quantitative estimate of drug-likeness (QED) is 0.164. The molecule has 0 aliphatic heterocycles. The highest BCUT2D eigenvalue weighted by molar-refractivity contribution is 7.26. The van der Waals surface area contributed by atoms with Crippen molar-refractivity contribution in [2.45, 2.75) is 0 Å². The molecule has 0 aliphatic rings. The van der Waals surface area contributed by atoms with Gasteiger partial charge >= 0.3 is 0 Å². The predicted molar refractivity (Wildman–Crippen MR) is 229 cm³/mol. The summed E-state index contributed by atoms with van der Waals surface area (Å²) in [7, 11) is 0. The molecule has 10 aromatic rings. The number of benzene rings is 9. The van der Waals surface area contributed by atoms with Crippen LogP contribution in [-0.2, 0) is 0 Å². The van der Waals surface area contributed by atoms with E-state index < -0.39 is 0 Å². The van der Waals surface area contributed by atoms with Gasteiger partial charge in [0.25, 0.3) is 0 Å². The van der Waals surface area contributed by atoms with Gasteiger partial charge in [0.1, 0.15) is 0 Å². The summed E-state index contributed by atoms with van der Waals surface area (Å²) in [5, 5.41) is 7.52. The van der Waals surface area contributed by atoms with Crippen LogP contribution in [0.15, 0.2) is 206 Å². The first-order chi connectivity index (χ1) is 26.3. The van der Waals surface area contributed by atoms with E-state index in [1.165, 1.54) is 52.8 Å². The van der Waals surface area contributed by atoms with E-state index in [9.17, 15) is 0 Å². The SMILES string of the molecule is c1ccc(N(c2ccccc2)c2cc(N(c3ccccc3)c3ccccc3-c3cccc4ccccc34)c3sc4ccc5ccccc5c4c3c2)cc1. The van der Waals surface area contributed by atoms with Gasteiger partial charge < -0.3 is 9.80 Å². The summed E-state index contributed by atoms with van der Waals surface area (Å²) in [5.74, 6) is 0. The Morgan fingerprint density at radius 3 is 1.55 bits per heavy atom. The number of nitrogens with zero attached hydrogens (tertiary/aromatic N) is 2. The summed E-state index contributed by atoms with van der Waals surface area (Å²) in [6.07, 6.45) is 0. The molecule has 10 rings (SSSR count). The monoisotopic (exact) mass is 694 g/mol. The van der Waals surface area contributed by atoms with Gasteiger partial charge in [-0.25, -0.2) is 0 Å². The topological polar surface area (TPSA) is 6.48 Å². The van der Waals surface area contributed by atoms with Crippen LogP contribution < -0.4 is 9.80 Å². The van der Waals surface area contributed by atoms with Crippen LogP contribution in [0.2, 0.25) is 0 Å². The normalized spacial score (nSPS) is 11.4.